The number of nitrogens with zero attached hydrogens (tertiary/aromatic N) is 1. The second-order valence-corrected chi connectivity index (χ2v) is 6.28. The molecule has 1 aromatic carbocycles. The van der Waals surface area contributed by atoms with Crippen LogP contribution in [-0.2, 0) is 0 Å². The lowest BCUT2D eigenvalue weighted by Crippen LogP contribution is -2.38. The minimum absolute atomic E-state index is 0.0602. The molecule has 112 valence electrons. The zero-order valence-electron chi connectivity index (χ0n) is 13.1. The van der Waals surface area contributed by atoms with Crippen LogP contribution in [0.25, 0.3) is 0 Å². The summed E-state index contributed by atoms with van der Waals surface area (Å²) in [5, 5.41) is 3.28. The molecule has 1 aliphatic rings. The Bertz CT molecular complexity index is 431. The fourth-order valence-electron chi connectivity index (χ4n) is 3.14. The normalized spacial score (nSPS) is 19.9. The Balaban J connectivity index is 2.01. The average molecular weight is 278 g/mol. The maximum atomic E-state index is 14.0. The van der Waals surface area contributed by atoms with Crippen molar-refractivity contribution in [3.63, 3.8) is 0 Å². The van der Waals surface area contributed by atoms with Crippen LogP contribution in [0, 0.1) is 17.7 Å². The molecule has 0 aromatic heterocycles. The lowest BCUT2D eigenvalue weighted by atomic mass is 9.93. The van der Waals surface area contributed by atoms with Gasteiger partial charge in [0.25, 0.3) is 0 Å². The summed E-state index contributed by atoms with van der Waals surface area (Å²) in [5.41, 5.74) is 0.773. The molecule has 2 nitrogen and oxygen atoms in total. The first kappa shape index (κ1) is 15.5. The minimum atomic E-state index is -0.114. The maximum Gasteiger partial charge on any atom is 0.127 e. The Kier molecular flexibility index (Phi) is 5.17. The molecule has 0 radical (unpaired) electrons. The van der Waals surface area contributed by atoms with Crippen molar-refractivity contribution < 1.29 is 4.39 Å². The van der Waals surface area contributed by atoms with Gasteiger partial charge < -0.3 is 10.2 Å². The molecule has 0 amide bonds. The molecule has 1 fully saturated rings. The first-order chi connectivity index (χ1) is 9.54. The van der Waals surface area contributed by atoms with E-state index in [0.717, 1.165) is 18.0 Å². The van der Waals surface area contributed by atoms with Crippen molar-refractivity contribution in [2.75, 3.05) is 20.6 Å². The van der Waals surface area contributed by atoms with Gasteiger partial charge in [-0.15, -0.1) is 0 Å². The third-order valence-electron chi connectivity index (χ3n) is 4.70. The number of nitrogens with one attached hydrogen (secondary N) is 1. The lowest BCUT2D eigenvalue weighted by Gasteiger charge is -2.32. The third-order valence-corrected chi connectivity index (χ3v) is 4.70. The van der Waals surface area contributed by atoms with Gasteiger partial charge in [-0.2, -0.15) is 0 Å². The molecular formula is C17H27FN2. The highest BCUT2D eigenvalue weighted by Gasteiger charge is 2.32. The maximum absolute atomic E-state index is 14.0. The monoisotopic (exact) mass is 278 g/mol. The van der Waals surface area contributed by atoms with Crippen molar-refractivity contribution in [3.8, 4) is 0 Å². The molecule has 2 rings (SSSR count). The van der Waals surface area contributed by atoms with Crippen molar-refractivity contribution in [1.82, 2.24) is 10.2 Å². The zero-order valence-corrected chi connectivity index (χ0v) is 13.1. The van der Waals surface area contributed by atoms with Gasteiger partial charge in [-0.1, -0.05) is 25.1 Å². The Hall–Kier alpha value is -0.930. The Morgan fingerprint density at radius 2 is 1.95 bits per heavy atom. The first-order valence-electron chi connectivity index (χ1n) is 7.66. The van der Waals surface area contributed by atoms with E-state index in [4.69, 9.17) is 0 Å². The van der Waals surface area contributed by atoms with E-state index in [1.807, 2.05) is 19.2 Å². The molecule has 1 N–H and O–H groups in total. The summed E-state index contributed by atoms with van der Waals surface area (Å²) < 4.78 is 14.0. The van der Waals surface area contributed by atoms with Gasteiger partial charge in [0.15, 0.2) is 0 Å². The Morgan fingerprint density at radius 3 is 2.50 bits per heavy atom. The summed E-state index contributed by atoms with van der Waals surface area (Å²) in [4.78, 5) is 2.42. The van der Waals surface area contributed by atoms with Crippen molar-refractivity contribution >= 4 is 0 Å². The molecule has 1 saturated carbocycles. The summed E-state index contributed by atoms with van der Waals surface area (Å²) in [6.07, 6.45) is 2.73. The highest BCUT2D eigenvalue weighted by atomic mass is 19.1. The molecule has 0 spiro atoms. The average Bonchev–Trinajstić information content (AvgIpc) is 3.25. The molecule has 20 heavy (non-hydrogen) atoms. The van der Waals surface area contributed by atoms with Crippen molar-refractivity contribution in [1.29, 1.82) is 0 Å². The number of rotatable bonds is 7. The van der Waals surface area contributed by atoms with E-state index < -0.39 is 0 Å². The molecule has 3 atom stereocenters. The Labute approximate surface area is 122 Å². The van der Waals surface area contributed by atoms with Crippen molar-refractivity contribution in [2.24, 2.45) is 11.8 Å². The largest absolute Gasteiger partial charge is 0.313 e. The van der Waals surface area contributed by atoms with Crippen LogP contribution in [0.15, 0.2) is 24.3 Å². The van der Waals surface area contributed by atoms with Gasteiger partial charge >= 0.3 is 0 Å². The van der Waals surface area contributed by atoms with Crippen LogP contribution in [0.4, 0.5) is 4.39 Å². The molecule has 0 saturated heterocycles. The van der Waals surface area contributed by atoms with E-state index in [9.17, 15) is 4.39 Å². The quantitative estimate of drug-likeness (QED) is 0.822. The SMILES string of the molecule is CNC(c1ccccc1F)C(C)CN(C)C(C)C1CC1. The van der Waals surface area contributed by atoms with Crippen LogP contribution < -0.4 is 5.32 Å². The third kappa shape index (κ3) is 3.58. The smallest absolute Gasteiger partial charge is 0.127 e. The van der Waals surface area contributed by atoms with E-state index >= 15 is 0 Å². The van der Waals surface area contributed by atoms with Gasteiger partial charge in [-0.3, -0.25) is 0 Å². The van der Waals surface area contributed by atoms with Crippen LogP contribution in [-0.4, -0.2) is 31.6 Å². The highest BCUT2D eigenvalue weighted by Crippen LogP contribution is 2.35. The summed E-state index contributed by atoms with van der Waals surface area (Å²) in [7, 11) is 4.10. The van der Waals surface area contributed by atoms with Crippen LogP contribution in [0.1, 0.15) is 38.3 Å². The standard InChI is InChI=1S/C17H27FN2/c1-12(11-20(4)13(2)14-9-10-14)17(19-3)15-7-5-6-8-16(15)18/h5-8,12-14,17,19H,9-11H2,1-4H3. The van der Waals surface area contributed by atoms with E-state index in [1.54, 1.807) is 12.1 Å². The van der Waals surface area contributed by atoms with Crippen LogP contribution in [0.5, 0.6) is 0 Å². The van der Waals surface area contributed by atoms with E-state index in [1.165, 1.54) is 12.8 Å². The van der Waals surface area contributed by atoms with E-state index in [2.05, 4.69) is 31.1 Å². The van der Waals surface area contributed by atoms with Gasteiger partial charge in [0.2, 0.25) is 0 Å². The number of halogens is 1. The number of hydrogen-bond acceptors (Lipinski definition) is 2. The second kappa shape index (κ2) is 6.68. The topological polar surface area (TPSA) is 15.3 Å². The van der Waals surface area contributed by atoms with Gasteiger partial charge in [0.1, 0.15) is 5.82 Å². The summed E-state index contributed by atoms with van der Waals surface area (Å²) in [5.74, 6) is 1.12. The van der Waals surface area contributed by atoms with Crippen LogP contribution in [0.2, 0.25) is 0 Å². The number of hydrogen-bond donors (Lipinski definition) is 1. The summed E-state index contributed by atoms with van der Waals surface area (Å²) in [6, 6.07) is 7.78. The predicted octanol–water partition coefficient (Wildman–Crippen LogP) is 3.45. The molecule has 1 aromatic rings. The molecule has 0 aliphatic heterocycles. The van der Waals surface area contributed by atoms with Crippen LogP contribution in [0.3, 0.4) is 0 Å². The van der Waals surface area contributed by atoms with Crippen molar-refractivity contribution in [3.05, 3.63) is 35.6 Å². The fraction of sp³-hybridized carbons (Fsp3) is 0.647. The molecule has 3 unspecified atom stereocenters. The van der Waals surface area contributed by atoms with Gasteiger partial charge in [0.05, 0.1) is 0 Å². The predicted molar refractivity (Wildman–Crippen MR) is 82.2 cm³/mol. The first-order valence-corrected chi connectivity index (χ1v) is 7.66. The van der Waals surface area contributed by atoms with Gasteiger partial charge in [-0.25, -0.2) is 4.39 Å². The highest BCUT2D eigenvalue weighted by molar-refractivity contribution is 5.21. The summed E-state index contributed by atoms with van der Waals surface area (Å²) in [6.45, 7) is 5.49. The lowest BCUT2D eigenvalue weighted by molar-refractivity contribution is 0.186. The molecule has 3 heteroatoms. The van der Waals surface area contributed by atoms with Gasteiger partial charge in [-0.05, 0) is 51.8 Å². The van der Waals surface area contributed by atoms with Crippen molar-refractivity contribution in [2.45, 2.75) is 38.8 Å². The zero-order chi connectivity index (χ0) is 14.7. The summed E-state index contributed by atoms with van der Waals surface area (Å²) >= 11 is 0. The second-order valence-electron chi connectivity index (χ2n) is 6.28. The molecular weight excluding hydrogens is 251 g/mol. The van der Waals surface area contributed by atoms with Crippen LogP contribution >= 0.6 is 0 Å². The molecule has 1 aliphatic carbocycles. The molecule has 0 heterocycles. The molecule has 0 bridgehead atoms. The Morgan fingerprint density at radius 1 is 1.30 bits per heavy atom. The van der Waals surface area contributed by atoms with Gasteiger partial charge in [0, 0.05) is 24.2 Å². The van der Waals surface area contributed by atoms with E-state index in [0.29, 0.717) is 12.0 Å². The van der Waals surface area contributed by atoms with E-state index in [-0.39, 0.29) is 11.9 Å². The number of benzene rings is 1. The fourth-order valence-corrected chi connectivity index (χ4v) is 3.14. The minimum Gasteiger partial charge on any atom is -0.313 e.